The maximum atomic E-state index is 5.70. The molecule has 0 amide bonds. The van der Waals surface area contributed by atoms with E-state index >= 15 is 0 Å². The molecule has 5 heteroatoms. The Balaban J connectivity index is 1.84. The van der Waals surface area contributed by atoms with E-state index in [9.17, 15) is 0 Å². The van der Waals surface area contributed by atoms with Gasteiger partial charge in [-0.05, 0) is 28.4 Å². The number of fused-ring (bicyclic) bond motifs is 1. The van der Waals surface area contributed by atoms with Crippen molar-refractivity contribution in [3.05, 3.63) is 46.3 Å². The number of para-hydroxylation sites is 1. The molecule has 1 aromatic carbocycles. The third-order valence-electron chi connectivity index (χ3n) is 3.50. The van der Waals surface area contributed by atoms with E-state index in [2.05, 4.69) is 44.2 Å². The van der Waals surface area contributed by atoms with Gasteiger partial charge >= 0.3 is 0 Å². The van der Waals surface area contributed by atoms with Crippen molar-refractivity contribution in [2.24, 2.45) is 0 Å². The molecule has 0 aliphatic carbocycles. The zero-order chi connectivity index (χ0) is 14.7. The van der Waals surface area contributed by atoms with Gasteiger partial charge in [-0.25, -0.2) is 9.97 Å². The highest BCUT2D eigenvalue weighted by Gasteiger charge is 2.21. The van der Waals surface area contributed by atoms with Gasteiger partial charge in [0.2, 0.25) is 0 Å². The molecular weight excluding hydrogens is 330 g/mol. The molecule has 1 atom stereocenters. The van der Waals surface area contributed by atoms with Gasteiger partial charge in [0.1, 0.15) is 22.0 Å². The molecule has 0 saturated heterocycles. The first-order valence-corrected chi connectivity index (χ1v) is 8.07. The minimum Gasteiger partial charge on any atom is -0.493 e. The van der Waals surface area contributed by atoms with Crippen LogP contribution in [0.5, 0.6) is 5.75 Å². The number of benzene rings is 1. The van der Waals surface area contributed by atoms with Crippen molar-refractivity contribution in [2.75, 3.05) is 11.9 Å². The van der Waals surface area contributed by atoms with E-state index in [0.717, 1.165) is 47.9 Å². The number of ether oxygens (including phenoxy) is 1. The normalized spacial score (nSPS) is 17.0. The maximum Gasteiger partial charge on any atom is 0.132 e. The minimum absolute atomic E-state index is 0.228. The molecule has 0 fully saturated rings. The van der Waals surface area contributed by atoms with Crippen LogP contribution in [0, 0.1) is 0 Å². The summed E-state index contributed by atoms with van der Waals surface area (Å²) in [6.45, 7) is 2.86. The fraction of sp³-hybridized carbons (Fsp3) is 0.375. The Morgan fingerprint density at radius 3 is 3.05 bits per heavy atom. The van der Waals surface area contributed by atoms with E-state index in [1.54, 1.807) is 0 Å². The number of aromatic nitrogens is 2. The average molecular weight is 348 g/mol. The summed E-state index contributed by atoms with van der Waals surface area (Å²) >= 11 is 3.46. The zero-order valence-electron chi connectivity index (χ0n) is 12.0. The fourth-order valence-electron chi connectivity index (χ4n) is 2.54. The lowest BCUT2D eigenvalue weighted by atomic mass is 10.0. The first-order valence-electron chi connectivity index (χ1n) is 7.28. The van der Waals surface area contributed by atoms with Gasteiger partial charge in [0.15, 0.2) is 0 Å². The van der Waals surface area contributed by atoms with Crippen LogP contribution < -0.4 is 10.1 Å². The predicted octanol–water partition coefficient (Wildman–Crippen LogP) is 4.13. The zero-order valence-corrected chi connectivity index (χ0v) is 13.6. The molecular formula is C16H18BrN3O. The van der Waals surface area contributed by atoms with Crippen molar-refractivity contribution in [3.8, 4) is 5.75 Å². The summed E-state index contributed by atoms with van der Waals surface area (Å²) < 4.78 is 6.52. The first kappa shape index (κ1) is 14.3. The average Bonchev–Trinajstić information content (AvgIpc) is 2.47. The Hall–Kier alpha value is -1.62. The number of hydrogen-bond acceptors (Lipinski definition) is 4. The number of halogens is 1. The highest BCUT2D eigenvalue weighted by atomic mass is 79.9. The standard InChI is InChI=1S/C16H18BrN3O/c1-2-5-15-19-14(17)10-16(20-15)18-12-8-9-21-13-7-4-3-6-11(12)13/h3-4,6-7,10,12H,2,5,8-9H2,1H3,(H,18,19,20). The summed E-state index contributed by atoms with van der Waals surface area (Å²) in [5.74, 6) is 2.69. The smallest absolute Gasteiger partial charge is 0.132 e. The molecule has 1 N–H and O–H groups in total. The molecule has 0 saturated carbocycles. The number of aryl methyl sites for hydroxylation is 1. The lowest BCUT2D eigenvalue weighted by Gasteiger charge is -2.27. The van der Waals surface area contributed by atoms with Crippen molar-refractivity contribution in [1.82, 2.24) is 9.97 Å². The van der Waals surface area contributed by atoms with E-state index in [1.807, 2.05) is 24.3 Å². The van der Waals surface area contributed by atoms with E-state index in [4.69, 9.17) is 4.74 Å². The van der Waals surface area contributed by atoms with Gasteiger partial charge in [-0.1, -0.05) is 25.1 Å². The molecule has 1 aliphatic heterocycles. The molecule has 0 bridgehead atoms. The number of nitrogens with zero attached hydrogens (tertiary/aromatic N) is 2. The number of rotatable bonds is 4. The SMILES string of the molecule is CCCc1nc(Br)cc(NC2CCOc3ccccc32)n1. The van der Waals surface area contributed by atoms with Gasteiger partial charge in [0.05, 0.1) is 12.6 Å². The lowest BCUT2D eigenvalue weighted by molar-refractivity contribution is 0.274. The van der Waals surface area contributed by atoms with Gasteiger partial charge < -0.3 is 10.1 Å². The maximum absolute atomic E-state index is 5.70. The lowest BCUT2D eigenvalue weighted by Crippen LogP contribution is -2.21. The summed E-state index contributed by atoms with van der Waals surface area (Å²) in [4.78, 5) is 9.00. The Morgan fingerprint density at radius 2 is 2.19 bits per heavy atom. The second-order valence-electron chi connectivity index (χ2n) is 5.11. The van der Waals surface area contributed by atoms with Crippen LogP contribution in [-0.2, 0) is 6.42 Å². The van der Waals surface area contributed by atoms with E-state index in [-0.39, 0.29) is 6.04 Å². The highest BCUT2D eigenvalue weighted by Crippen LogP contribution is 2.33. The number of hydrogen-bond donors (Lipinski definition) is 1. The Bertz CT molecular complexity index is 633. The molecule has 2 heterocycles. The quantitative estimate of drug-likeness (QED) is 0.844. The highest BCUT2D eigenvalue weighted by molar-refractivity contribution is 9.10. The third-order valence-corrected chi connectivity index (χ3v) is 3.90. The Morgan fingerprint density at radius 1 is 1.33 bits per heavy atom. The number of anilines is 1. The van der Waals surface area contributed by atoms with Crippen molar-refractivity contribution in [2.45, 2.75) is 32.2 Å². The van der Waals surface area contributed by atoms with Crippen LogP contribution >= 0.6 is 15.9 Å². The van der Waals surface area contributed by atoms with Gasteiger partial charge in [0, 0.05) is 24.5 Å². The van der Waals surface area contributed by atoms with Crippen LogP contribution in [-0.4, -0.2) is 16.6 Å². The summed E-state index contributed by atoms with van der Waals surface area (Å²) in [5, 5.41) is 3.52. The van der Waals surface area contributed by atoms with Gasteiger partial charge in [-0.3, -0.25) is 0 Å². The third kappa shape index (κ3) is 3.35. The van der Waals surface area contributed by atoms with Gasteiger partial charge in [0.25, 0.3) is 0 Å². The molecule has 21 heavy (non-hydrogen) atoms. The molecule has 1 unspecified atom stereocenters. The van der Waals surface area contributed by atoms with Gasteiger partial charge in [-0.2, -0.15) is 0 Å². The fourth-order valence-corrected chi connectivity index (χ4v) is 2.97. The second-order valence-corrected chi connectivity index (χ2v) is 5.93. The van der Waals surface area contributed by atoms with Crippen LogP contribution in [0.3, 0.4) is 0 Å². The molecule has 3 rings (SSSR count). The summed E-state index contributed by atoms with van der Waals surface area (Å²) in [6.07, 6.45) is 2.86. The van der Waals surface area contributed by atoms with E-state index in [1.165, 1.54) is 5.56 Å². The molecule has 1 aliphatic rings. The Labute approximate surface area is 133 Å². The van der Waals surface area contributed by atoms with Crippen molar-refractivity contribution < 1.29 is 4.74 Å². The van der Waals surface area contributed by atoms with Crippen molar-refractivity contribution in [3.63, 3.8) is 0 Å². The minimum atomic E-state index is 0.228. The Kier molecular flexibility index (Phi) is 4.39. The van der Waals surface area contributed by atoms with Crippen LogP contribution in [0.25, 0.3) is 0 Å². The molecule has 4 nitrogen and oxygen atoms in total. The van der Waals surface area contributed by atoms with Crippen LogP contribution in [0.4, 0.5) is 5.82 Å². The molecule has 1 aromatic heterocycles. The molecule has 110 valence electrons. The van der Waals surface area contributed by atoms with Crippen molar-refractivity contribution >= 4 is 21.7 Å². The summed E-state index contributed by atoms with van der Waals surface area (Å²) in [5.41, 5.74) is 1.19. The van der Waals surface area contributed by atoms with Crippen LogP contribution in [0.2, 0.25) is 0 Å². The van der Waals surface area contributed by atoms with Gasteiger partial charge in [-0.15, -0.1) is 0 Å². The first-order chi connectivity index (χ1) is 10.3. The van der Waals surface area contributed by atoms with Crippen LogP contribution in [0.1, 0.15) is 37.2 Å². The summed E-state index contributed by atoms with van der Waals surface area (Å²) in [6, 6.07) is 10.3. The largest absolute Gasteiger partial charge is 0.493 e. The monoisotopic (exact) mass is 347 g/mol. The number of nitrogens with one attached hydrogen (secondary N) is 1. The molecule has 0 spiro atoms. The van der Waals surface area contributed by atoms with Crippen molar-refractivity contribution in [1.29, 1.82) is 0 Å². The van der Waals surface area contributed by atoms with Crippen LogP contribution in [0.15, 0.2) is 34.9 Å². The van der Waals surface area contributed by atoms with E-state index < -0.39 is 0 Å². The second kappa shape index (κ2) is 6.43. The molecule has 2 aromatic rings. The predicted molar refractivity (Wildman–Crippen MR) is 86.6 cm³/mol. The topological polar surface area (TPSA) is 47.0 Å². The molecule has 0 radical (unpaired) electrons. The summed E-state index contributed by atoms with van der Waals surface area (Å²) in [7, 11) is 0. The van der Waals surface area contributed by atoms with E-state index in [0.29, 0.717) is 0 Å².